The summed E-state index contributed by atoms with van der Waals surface area (Å²) >= 11 is 0. The van der Waals surface area contributed by atoms with Gasteiger partial charge in [0.1, 0.15) is 54.9 Å². The smallest absolute Gasteiger partial charge is 0.306 e. The molecule has 11 atom stereocenters. The Morgan fingerprint density at radius 2 is 0.798 bits per heavy atom. The fourth-order valence-electron chi connectivity index (χ4n) is 11.1. The molecule has 1 aliphatic heterocycles. The summed E-state index contributed by atoms with van der Waals surface area (Å²) < 4.78 is 61.7. The summed E-state index contributed by atoms with van der Waals surface area (Å²) in [4.78, 5) is 17.7. The number of esters is 1. The summed E-state index contributed by atoms with van der Waals surface area (Å²) in [5.41, 5.74) is 15.8. The van der Waals surface area contributed by atoms with Crippen molar-refractivity contribution in [1.29, 1.82) is 0 Å². The van der Waals surface area contributed by atoms with Crippen molar-refractivity contribution in [1.82, 2.24) is 0 Å². The number of benzene rings is 6. The molecule has 14 nitrogen and oxygen atoms in total. The van der Waals surface area contributed by atoms with Gasteiger partial charge >= 0.3 is 5.97 Å². The third-order valence-corrected chi connectivity index (χ3v) is 15.6. The highest BCUT2D eigenvalue weighted by atomic mass is 16.7. The molecule has 1 saturated heterocycles. The van der Waals surface area contributed by atoms with Crippen LogP contribution in [0.25, 0.3) is 10.4 Å². The lowest BCUT2D eigenvalue weighted by Crippen LogP contribution is -2.69. The van der Waals surface area contributed by atoms with E-state index in [0.717, 1.165) is 52.6 Å². The topological polar surface area (TPSA) is 169 Å². The van der Waals surface area contributed by atoms with Crippen LogP contribution in [0.4, 0.5) is 0 Å². The van der Waals surface area contributed by atoms with E-state index in [-0.39, 0.29) is 52.7 Å². The van der Waals surface area contributed by atoms with Gasteiger partial charge in [-0.3, -0.25) is 4.79 Å². The van der Waals surface area contributed by atoms with Crippen molar-refractivity contribution >= 4 is 5.97 Å². The van der Waals surface area contributed by atoms with E-state index >= 15 is 0 Å². The Hall–Kier alpha value is -6.26. The molecule has 2 fully saturated rings. The maximum atomic E-state index is 14.3. The summed E-state index contributed by atoms with van der Waals surface area (Å²) in [6.45, 7) is 3.13. The lowest BCUT2D eigenvalue weighted by atomic mass is 9.83. The van der Waals surface area contributed by atoms with Crippen LogP contribution in [0.3, 0.4) is 0 Å². The van der Waals surface area contributed by atoms with Crippen LogP contribution in [0.1, 0.15) is 130 Å². The largest absolute Gasteiger partial charge is 0.457 e. The molecule has 0 bridgehead atoms. The molecule has 0 spiro atoms. The number of azide groups is 1. The second-order valence-electron chi connectivity index (χ2n) is 22.1. The zero-order chi connectivity index (χ0) is 58.2. The van der Waals surface area contributed by atoms with Crippen LogP contribution in [0.2, 0.25) is 0 Å². The van der Waals surface area contributed by atoms with E-state index in [1.165, 1.54) is 57.8 Å². The minimum Gasteiger partial charge on any atom is -0.457 e. The van der Waals surface area contributed by atoms with Crippen LogP contribution in [-0.2, 0) is 87.1 Å². The van der Waals surface area contributed by atoms with Crippen LogP contribution >= 0.6 is 0 Å². The van der Waals surface area contributed by atoms with Gasteiger partial charge in [-0.1, -0.05) is 271 Å². The van der Waals surface area contributed by atoms with Crippen molar-refractivity contribution in [3.05, 3.63) is 226 Å². The quantitative estimate of drug-likeness (QED) is 0.0129. The van der Waals surface area contributed by atoms with E-state index in [1.54, 1.807) is 0 Å². The minimum absolute atomic E-state index is 0.0151. The van der Waals surface area contributed by atoms with Crippen LogP contribution < -0.4 is 0 Å². The highest BCUT2D eigenvalue weighted by molar-refractivity contribution is 5.69. The Kier molecular flexibility index (Phi) is 27.7. The first-order valence-corrected chi connectivity index (χ1v) is 30.6. The number of aliphatic hydroxyl groups is 1. The number of rotatable bonds is 37. The van der Waals surface area contributed by atoms with Crippen LogP contribution in [0.5, 0.6) is 0 Å². The summed E-state index contributed by atoms with van der Waals surface area (Å²) in [6, 6.07) is 57.2. The van der Waals surface area contributed by atoms with E-state index in [2.05, 4.69) is 16.9 Å². The number of hydrogen-bond donors (Lipinski definition) is 1. The van der Waals surface area contributed by atoms with Gasteiger partial charge in [-0.15, -0.1) is 0 Å². The van der Waals surface area contributed by atoms with Gasteiger partial charge in [0.05, 0.1) is 46.2 Å². The Morgan fingerprint density at radius 1 is 0.452 bits per heavy atom. The van der Waals surface area contributed by atoms with E-state index in [4.69, 9.17) is 42.6 Å². The first-order chi connectivity index (χ1) is 41.5. The number of carbonyl (C=O) groups excluding carboxylic acids is 1. The molecule has 1 saturated carbocycles. The molecule has 1 aliphatic carbocycles. The molecule has 2 aliphatic rings. The summed E-state index contributed by atoms with van der Waals surface area (Å²) in [5.74, 6) is -0.482. The van der Waals surface area contributed by atoms with Gasteiger partial charge in [-0.25, -0.2) is 0 Å². The maximum Gasteiger partial charge on any atom is 0.306 e. The molecule has 84 heavy (non-hydrogen) atoms. The maximum absolute atomic E-state index is 14.3. The van der Waals surface area contributed by atoms with Crippen molar-refractivity contribution in [2.75, 3.05) is 6.61 Å². The monoisotopic (exact) mass is 1150 g/mol. The zero-order valence-corrected chi connectivity index (χ0v) is 48.9. The second-order valence-corrected chi connectivity index (χ2v) is 22.1. The number of unbranched alkanes of at least 4 members (excludes halogenated alkanes) is 12. The van der Waals surface area contributed by atoms with Gasteiger partial charge < -0.3 is 47.7 Å². The molecule has 8 rings (SSSR count). The molecule has 6 aromatic rings. The van der Waals surface area contributed by atoms with Gasteiger partial charge in [0.25, 0.3) is 0 Å². The Morgan fingerprint density at radius 3 is 1.20 bits per heavy atom. The van der Waals surface area contributed by atoms with Crippen LogP contribution in [0, 0.1) is 0 Å². The Balaban J connectivity index is 1.12. The van der Waals surface area contributed by atoms with E-state index in [9.17, 15) is 15.4 Å². The number of carbonyl (C=O) groups is 1. The number of aliphatic hydroxyl groups excluding tert-OH is 1. The van der Waals surface area contributed by atoms with Crippen molar-refractivity contribution in [3.63, 3.8) is 0 Å². The molecule has 6 aromatic carbocycles. The first-order valence-electron chi connectivity index (χ1n) is 30.6. The molecule has 0 radical (unpaired) electrons. The van der Waals surface area contributed by atoms with Crippen molar-refractivity contribution in [2.45, 2.75) is 204 Å². The van der Waals surface area contributed by atoms with Crippen LogP contribution in [0.15, 0.2) is 187 Å². The van der Waals surface area contributed by atoms with Crippen molar-refractivity contribution in [3.8, 4) is 0 Å². The third kappa shape index (κ3) is 20.8. The fraction of sp³-hybridized carbons (Fsp3) is 0.471. The van der Waals surface area contributed by atoms with Crippen molar-refractivity contribution in [2.24, 2.45) is 5.11 Å². The number of hydrogen-bond acceptors (Lipinski definition) is 12. The lowest BCUT2D eigenvalue weighted by molar-refractivity contribution is -0.336. The average Bonchev–Trinajstić information content (AvgIpc) is 2.74. The molecule has 4 unspecified atom stereocenters. The van der Waals surface area contributed by atoms with Gasteiger partial charge in [0, 0.05) is 11.3 Å². The summed E-state index contributed by atoms with van der Waals surface area (Å²) in [7, 11) is 0. The van der Waals surface area contributed by atoms with E-state index < -0.39 is 73.2 Å². The molecule has 1 N–H and O–H groups in total. The fourth-order valence-corrected chi connectivity index (χ4v) is 11.1. The molecular weight excluding hydrogens is 1060 g/mol. The predicted octanol–water partition coefficient (Wildman–Crippen LogP) is 14.7. The molecule has 0 amide bonds. The SMILES string of the molecule is CCCCCCCCCCCCCCCC(=O)O[C@H]1C(OCc2ccccc2)[C@@H](OCc2ccccc2)[C@@H](OCc2ccccc2)C(O[C@@H]2OC(COCc3ccccc3)[C@H](OCc3ccccc3)[C@H](OCc3ccccc3)C2N=[N+]=[N-])[C@H]1O. The van der Waals surface area contributed by atoms with E-state index in [0.29, 0.717) is 6.42 Å². The average molecular weight is 1150 g/mol. The van der Waals surface area contributed by atoms with Crippen LogP contribution in [-0.4, -0.2) is 85.0 Å². The highest BCUT2D eigenvalue weighted by Gasteiger charge is 2.58. The predicted molar refractivity (Wildman–Crippen MR) is 324 cm³/mol. The van der Waals surface area contributed by atoms with Gasteiger partial charge in [0.15, 0.2) is 12.4 Å². The van der Waals surface area contributed by atoms with E-state index in [1.807, 2.05) is 182 Å². The normalized spacial score (nSPS) is 23.1. The third-order valence-electron chi connectivity index (χ3n) is 15.6. The summed E-state index contributed by atoms with van der Waals surface area (Å²) in [6.07, 6.45) is 3.68. The van der Waals surface area contributed by atoms with Gasteiger partial charge in [-0.2, -0.15) is 0 Å². The Bertz CT molecular complexity index is 2750. The zero-order valence-electron chi connectivity index (χ0n) is 48.9. The standard InChI is InChI=1S/C70H87N3O11/c1-2-3-4-5-6-7-8-9-10-11-12-13-32-45-60(74)83-65-62(75)66(68(80-50-57-41-28-18-29-42-57)69(81-51-58-43-30-19-31-44-58)67(65)79-49-56-39-26-17-27-40-56)84-70-61(72-73-71)64(78-48-55-37-24-16-25-38-55)63(77-47-54-35-22-15-23-36-54)59(82-70)52-76-46-53-33-20-14-21-34-53/h14-31,33-44,59,61-70,75H,2-13,32,45-52H2,1H3/t59?,61?,62-,63-,64+,65+,66?,67?,68-,69+,70-/m0/s1. The molecular formula is C70H87N3O11. The summed E-state index contributed by atoms with van der Waals surface area (Å²) in [5, 5.41) is 17.6. The highest BCUT2D eigenvalue weighted by Crippen LogP contribution is 2.38. The minimum atomic E-state index is -1.60. The van der Waals surface area contributed by atoms with Gasteiger partial charge in [0.2, 0.25) is 0 Å². The Labute approximate surface area is 497 Å². The molecule has 1 heterocycles. The number of ether oxygens (including phenoxy) is 9. The van der Waals surface area contributed by atoms with Gasteiger partial charge in [-0.05, 0) is 45.3 Å². The molecule has 14 heteroatoms. The van der Waals surface area contributed by atoms with Crippen molar-refractivity contribution < 1.29 is 52.5 Å². The lowest BCUT2D eigenvalue weighted by Gasteiger charge is -2.50. The first kappa shape index (κ1) is 63.8. The number of nitrogens with zero attached hydrogens (tertiary/aromatic N) is 3. The molecule has 448 valence electrons. The second kappa shape index (κ2) is 36.6. The molecule has 0 aromatic heterocycles.